The summed E-state index contributed by atoms with van der Waals surface area (Å²) >= 11 is 5.96. The van der Waals surface area contributed by atoms with Crippen molar-refractivity contribution in [2.45, 2.75) is 25.4 Å². The average Bonchev–Trinajstić information content (AvgIpc) is 3.38. The highest BCUT2D eigenvalue weighted by Gasteiger charge is 2.27. The van der Waals surface area contributed by atoms with Gasteiger partial charge in [-0.25, -0.2) is 4.98 Å². The van der Waals surface area contributed by atoms with E-state index in [1.807, 2.05) is 30.3 Å². The van der Waals surface area contributed by atoms with Crippen LogP contribution in [0.2, 0.25) is 5.02 Å². The summed E-state index contributed by atoms with van der Waals surface area (Å²) in [6.07, 6.45) is 4.01. The van der Waals surface area contributed by atoms with E-state index in [-0.39, 0.29) is 0 Å². The number of ether oxygens (including phenoxy) is 2. The number of hydrogen-bond acceptors (Lipinski definition) is 5. The SMILES string of the molecule is COc1ccc([C@@H]2CCCN2Cc2coc(-c3ccc(Cl)cc3)n2)cc1OC. The van der Waals surface area contributed by atoms with Gasteiger partial charge in [0.2, 0.25) is 5.89 Å². The Kier molecular flexibility index (Phi) is 5.55. The number of methoxy groups -OCH3 is 2. The predicted octanol–water partition coefficient (Wildman–Crippen LogP) is 5.35. The van der Waals surface area contributed by atoms with Crippen molar-refractivity contribution in [3.05, 3.63) is 65.0 Å². The summed E-state index contributed by atoms with van der Waals surface area (Å²) in [7, 11) is 3.32. The van der Waals surface area contributed by atoms with Crippen molar-refractivity contribution in [3.8, 4) is 23.0 Å². The molecule has 3 aromatic rings. The van der Waals surface area contributed by atoms with E-state index in [0.717, 1.165) is 48.7 Å². The molecule has 1 atom stereocenters. The van der Waals surface area contributed by atoms with Crippen LogP contribution in [0.15, 0.2) is 53.1 Å². The number of likely N-dealkylation sites (tertiary alicyclic amines) is 1. The van der Waals surface area contributed by atoms with Crippen molar-refractivity contribution in [2.75, 3.05) is 20.8 Å². The second-order valence-electron chi connectivity index (χ2n) is 6.89. The summed E-state index contributed by atoms with van der Waals surface area (Å²) in [4.78, 5) is 7.10. The number of aromatic nitrogens is 1. The zero-order chi connectivity index (χ0) is 19.5. The molecule has 0 radical (unpaired) electrons. The van der Waals surface area contributed by atoms with E-state index in [1.165, 1.54) is 5.56 Å². The predicted molar refractivity (Wildman–Crippen MR) is 109 cm³/mol. The van der Waals surface area contributed by atoms with Crippen LogP contribution in [-0.2, 0) is 6.54 Å². The summed E-state index contributed by atoms with van der Waals surface area (Å²) in [5.41, 5.74) is 3.09. The highest BCUT2D eigenvalue weighted by molar-refractivity contribution is 6.30. The molecule has 1 saturated heterocycles. The second kappa shape index (κ2) is 8.25. The van der Waals surface area contributed by atoms with E-state index in [9.17, 15) is 0 Å². The van der Waals surface area contributed by atoms with Crippen LogP contribution in [0, 0.1) is 0 Å². The van der Waals surface area contributed by atoms with Crippen LogP contribution in [0.5, 0.6) is 11.5 Å². The van der Waals surface area contributed by atoms with Gasteiger partial charge in [0.05, 0.1) is 19.9 Å². The maximum atomic E-state index is 5.96. The number of hydrogen-bond donors (Lipinski definition) is 0. The molecule has 4 rings (SSSR count). The molecule has 0 bridgehead atoms. The van der Waals surface area contributed by atoms with E-state index in [2.05, 4.69) is 22.0 Å². The van der Waals surface area contributed by atoms with Gasteiger partial charge >= 0.3 is 0 Å². The summed E-state index contributed by atoms with van der Waals surface area (Å²) < 4.78 is 16.5. The molecule has 0 saturated carbocycles. The third-order valence-corrected chi connectivity index (χ3v) is 5.42. The van der Waals surface area contributed by atoms with E-state index < -0.39 is 0 Å². The molecule has 28 heavy (non-hydrogen) atoms. The third kappa shape index (κ3) is 3.86. The molecule has 0 aliphatic carbocycles. The summed E-state index contributed by atoms with van der Waals surface area (Å²) in [5.74, 6) is 2.13. The Morgan fingerprint density at radius 2 is 1.89 bits per heavy atom. The van der Waals surface area contributed by atoms with Gasteiger partial charge in [0.25, 0.3) is 0 Å². The standard InChI is InChI=1S/C22H23ClN2O3/c1-26-20-10-7-16(12-21(20)27-2)19-4-3-11-25(19)13-18-14-28-22(24-18)15-5-8-17(23)9-6-15/h5-10,12,14,19H,3-4,11,13H2,1-2H3/t19-/m0/s1. The second-order valence-corrected chi connectivity index (χ2v) is 7.33. The number of nitrogens with zero attached hydrogens (tertiary/aromatic N) is 2. The lowest BCUT2D eigenvalue weighted by molar-refractivity contribution is 0.244. The minimum absolute atomic E-state index is 0.329. The van der Waals surface area contributed by atoms with Crippen LogP contribution >= 0.6 is 11.6 Å². The number of rotatable bonds is 6. The molecule has 0 spiro atoms. The highest BCUT2D eigenvalue weighted by Crippen LogP contribution is 2.37. The zero-order valence-electron chi connectivity index (χ0n) is 16.0. The molecule has 2 heterocycles. The van der Waals surface area contributed by atoms with Crippen molar-refractivity contribution in [1.29, 1.82) is 0 Å². The molecule has 0 unspecified atom stereocenters. The van der Waals surface area contributed by atoms with Gasteiger partial charge in [-0.05, 0) is 61.3 Å². The van der Waals surface area contributed by atoms with Crippen molar-refractivity contribution < 1.29 is 13.9 Å². The fourth-order valence-electron chi connectivity index (χ4n) is 3.77. The molecule has 146 valence electrons. The Morgan fingerprint density at radius 3 is 2.64 bits per heavy atom. The Bertz CT molecular complexity index is 939. The summed E-state index contributed by atoms with van der Waals surface area (Å²) in [6.45, 7) is 1.78. The maximum Gasteiger partial charge on any atom is 0.226 e. The Labute approximate surface area is 169 Å². The molecule has 0 N–H and O–H groups in total. The third-order valence-electron chi connectivity index (χ3n) is 5.16. The van der Waals surface area contributed by atoms with Crippen LogP contribution in [0.4, 0.5) is 0 Å². The maximum absolute atomic E-state index is 5.96. The Hall–Kier alpha value is -2.50. The van der Waals surface area contributed by atoms with Gasteiger partial charge in [-0.15, -0.1) is 0 Å². The molecule has 5 nitrogen and oxygen atoms in total. The Balaban J connectivity index is 1.51. The van der Waals surface area contributed by atoms with E-state index >= 15 is 0 Å². The summed E-state index contributed by atoms with van der Waals surface area (Å²) in [5, 5.41) is 0.699. The van der Waals surface area contributed by atoms with Crippen LogP contribution in [0.1, 0.15) is 30.1 Å². The van der Waals surface area contributed by atoms with Gasteiger partial charge in [0, 0.05) is 23.2 Å². The van der Waals surface area contributed by atoms with Crippen molar-refractivity contribution >= 4 is 11.6 Å². The number of oxazole rings is 1. The monoisotopic (exact) mass is 398 g/mol. The first-order valence-corrected chi connectivity index (χ1v) is 9.72. The van der Waals surface area contributed by atoms with Gasteiger partial charge in [-0.3, -0.25) is 4.90 Å². The van der Waals surface area contributed by atoms with Gasteiger partial charge in [-0.1, -0.05) is 17.7 Å². The largest absolute Gasteiger partial charge is 0.493 e. The molecule has 1 aliphatic rings. The lowest BCUT2D eigenvalue weighted by Gasteiger charge is -2.24. The molecule has 0 amide bonds. The topological polar surface area (TPSA) is 47.7 Å². The zero-order valence-corrected chi connectivity index (χ0v) is 16.8. The molecule has 2 aromatic carbocycles. The number of benzene rings is 2. The van der Waals surface area contributed by atoms with Crippen molar-refractivity contribution in [3.63, 3.8) is 0 Å². The lowest BCUT2D eigenvalue weighted by atomic mass is 10.0. The lowest BCUT2D eigenvalue weighted by Crippen LogP contribution is -2.23. The molecular formula is C22H23ClN2O3. The summed E-state index contributed by atoms with van der Waals surface area (Å²) in [6, 6.07) is 14.0. The average molecular weight is 399 g/mol. The van der Waals surface area contributed by atoms with Gasteiger partial charge in [0.1, 0.15) is 6.26 Å². The van der Waals surface area contributed by atoms with Crippen molar-refractivity contribution in [1.82, 2.24) is 9.88 Å². The molecule has 1 fully saturated rings. The Morgan fingerprint density at radius 1 is 1.11 bits per heavy atom. The van der Waals surface area contributed by atoms with Crippen molar-refractivity contribution in [2.24, 2.45) is 0 Å². The minimum Gasteiger partial charge on any atom is -0.493 e. The van der Waals surface area contributed by atoms with Crippen LogP contribution in [0.3, 0.4) is 0 Å². The first-order chi connectivity index (χ1) is 13.7. The van der Waals surface area contributed by atoms with E-state index in [1.54, 1.807) is 20.5 Å². The minimum atomic E-state index is 0.329. The number of halogens is 1. The fraction of sp³-hybridized carbons (Fsp3) is 0.318. The van der Waals surface area contributed by atoms with Gasteiger partial charge in [-0.2, -0.15) is 0 Å². The van der Waals surface area contributed by atoms with E-state index in [4.69, 9.17) is 25.5 Å². The first-order valence-electron chi connectivity index (χ1n) is 9.34. The fourth-order valence-corrected chi connectivity index (χ4v) is 3.89. The first kappa shape index (κ1) is 18.8. The smallest absolute Gasteiger partial charge is 0.226 e. The normalized spacial score (nSPS) is 17.0. The van der Waals surface area contributed by atoms with Gasteiger partial charge < -0.3 is 13.9 Å². The van der Waals surface area contributed by atoms with Crippen LogP contribution in [-0.4, -0.2) is 30.6 Å². The molecule has 6 heteroatoms. The van der Waals surface area contributed by atoms with Crippen LogP contribution in [0.25, 0.3) is 11.5 Å². The van der Waals surface area contributed by atoms with E-state index in [0.29, 0.717) is 17.0 Å². The molecule has 1 aliphatic heterocycles. The highest BCUT2D eigenvalue weighted by atomic mass is 35.5. The van der Waals surface area contributed by atoms with Crippen LogP contribution < -0.4 is 9.47 Å². The quantitative estimate of drug-likeness (QED) is 0.560. The molecule has 1 aromatic heterocycles. The van der Waals surface area contributed by atoms with Gasteiger partial charge in [0.15, 0.2) is 11.5 Å². The molecular weight excluding hydrogens is 376 g/mol.